The highest BCUT2D eigenvalue weighted by atomic mass is 19.1. The number of likely N-dealkylation sites (tertiary alicyclic amines) is 2. The van der Waals surface area contributed by atoms with Crippen molar-refractivity contribution in [1.82, 2.24) is 9.80 Å². The number of carbonyl (C=O) groups excluding carboxylic acids is 2. The monoisotopic (exact) mass is 412 g/mol. The van der Waals surface area contributed by atoms with E-state index in [2.05, 4.69) is 0 Å². The van der Waals surface area contributed by atoms with Gasteiger partial charge in [-0.2, -0.15) is 0 Å². The first-order valence-electron chi connectivity index (χ1n) is 10.0. The van der Waals surface area contributed by atoms with E-state index in [0.29, 0.717) is 44.6 Å². The molecule has 0 atom stereocenters. The van der Waals surface area contributed by atoms with Crippen molar-refractivity contribution in [3.05, 3.63) is 59.4 Å². The molecule has 2 fully saturated rings. The van der Waals surface area contributed by atoms with Crippen molar-refractivity contribution in [2.45, 2.75) is 19.4 Å². The minimum atomic E-state index is -0.555. The third-order valence-corrected chi connectivity index (χ3v) is 6.17. The highest BCUT2D eigenvalue weighted by Crippen LogP contribution is 2.42. The molecule has 2 aliphatic heterocycles. The van der Waals surface area contributed by atoms with Gasteiger partial charge in [-0.25, -0.2) is 4.39 Å². The molecule has 158 valence electrons. The van der Waals surface area contributed by atoms with Crippen LogP contribution in [-0.2, 0) is 11.3 Å². The van der Waals surface area contributed by atoms with Crippen LogP contribution in [0.25, 0.3) is 0 Å². The Morgan fingerprint density at radius 3 is 2.33 bits per heavy atom. The molecule has 0 bridgehead atoms. The van der Waals surface area contributed by atoms with Crippen molar-refractivity contribution in [3.63, 3.8) is 0 Å². The first-order chi connectivity index (χ1) is 14.5. The summed E-state index contributed by atoms with van der Waals surface area (Å²) < 4.78 is 24.0. The number of hydrogen-bond acceptors (Lipinski definition) is 4. The Kier molecular flexibility index (Phi) is 5.37. The second-order valence-electron chi connectivity index (χ2n) is 7.93. The van der Waals surface area contributed by atoms with Crippen molar-refractivity contribution in [1.29, 1.82) is 0 Å². The van der Waals surface area contributed by atoms with Crippen LogP contribution >= 0.6 is 0 Å². The SMILES string of the molecule is COc1ccc(CN2CC3(CCN(C(=O)c4ccc(OC)c(F)c4)CC3)C2=O)cc1. The predicted octanol–water partition coefficient (Wildman–Crippen LogP) is 3.11. The van der Waals surface area contributed by atoms with Crippen LogP contribution in [0.15, 0.2) is 42.5 Å². The molecular formula is C23H25FN2O4. The number of hydrogen-bond donors (Lipinski definition) is 0. The van der Waals surface area contributed by atoms with E-state index >= 15 is 0 Å². The molecule has 0 aromatic heterocycles. The summed E-state index contributed by atoms with van der Waals surface area (Å²) in [5.74, 6) is 0.287. The van der Waals surface area contributed by atoms with Gasteiger partial charge >= 0.3 is 0 Å². The van der Waals surface area contributed by atoms with Crippen LogP contribution in [0.3, 0.4) is 0 Å². The van der Waals surface area contributed by atoms with Gasteiger partial charge in [0.1, 0.15) is 5.75 Å². The Morgan fingerprint density at radius 2 is 1.77 bits per heavy atom. The van der Waals surface area contributed by atoms with Gasteiger partial charge in [0.15, 0.2) is 11.6 Å². The van der Waals surface area contributed by atoms with Crippen LogP contribution < -0.4 is 9.47 Å². The van der Waals surface area contributed by atoms with E-state index in [1.54, 1.807) is 18.1 Å². The van der Waals surface area contributed by atoms with Gasteiger partial charge in [-0.1, -0.05) is 12.1 Å². The number of ether oxygens (including phenoxy) is 2. The largest absolute Gasteiger partial charge is 0.497 e. The second kappa shape index (κ2) is 7.97. The van der Waals surface area contributed by atoms with Crippen LogP contribution in [0, 0.1) is 11.2 Å². The predicted molar refractivity (Wildman–Crippen MR) is 109 cm³/mol. The molecule has 2 saturated heterocycles. The third-order valence-electron chi connectivity index (χ3n) is 6.17. The van der Waals surface area contributed by atoms with Crippen molar-refractivity contribution in [2.24, 2.45) is 5.41 Å². The number of halogens is 1. The molecule has 2 aliphatic rings. The van der Waals surface area contributed by atoms with E-state index in [-0.39, 0.29) is 23.0 Å². The molecule has 0 saturated carbocycles. The molecule has 0 aliphatic carbocycles. The van der Waals surface area contributed by atoms with Gasteiger partial charge < -0.3 is 19.3 Å². The zero-order valence-corrected chi connectivity index (χ0v) is 17.2. The van der Waals surface area contributed by atoms with Crippen molar-refractivity contribution < 1.29 is 23.5 Å². The first-order valence-corrected chi connectivity index (χ1v) is 10.0. The fraction of sp³-hybridized carbons (Fsp3) is 0.391. The van der Waals surface area contributed by atoms with Gasteiger partial charge in [0.25, 0.3) is 5.91 Å². The molecule has 0 radical (unpaired) electrons. The summed E-state index contributed by atoms with van der Waals surface area (Å²) in [7, 11) is 3.01. The number of methoxy groups -OCH3 is 2. The number of β-lactam (4-membered cyclic amide) rings is 1. The quantitative estimate of drug-likeness (QED) is 0.708. The number of nitrogens with zero attached hydrogens (tertiary/aromatic N) is 2. The fourth-order valence-corrected chi connectivity index (χ4v) is 4.32. The maximum atomic E-state index is 13.9. The highest BCUT2D eigenvalue weighted by Gasteiger charge is 2.53. The number of rotatable bonds is 5. The minimum Gasteiger partial charge on any atom is -0.497 e. The Labute approximate surface area is 175 Å². The molecule has 2 heterocycles. The van der Waals surface area contributed by atoms with Gasteiger partial charge in [-0.3, -0.25) is 9.59 Å². The van der Waals surface area contributed by atoms with Gasteiger partial charge in [0.2, 0.25) is 5.91 Å². The summed E-state index contributed by atoms with van der Waals surface area (Å²) in [5, 5.41) is 0. The molecule has 2 aromatic carbocycles. The first kappa shape index (κ1) is 20.2. The molecular weight excluding hydrogens is 387 g/mol. The molecule has 0 N–H and O–H groups in total. The lowest BCUT2D eigenvalue weighted by Gasteiger charge is -2.52. The van der Waals surface area contributed by atoms with Crippen LogP contribution in [-0.4, -0.2) is 55.5 Å². The van der Waals surface area contributed by atoms with Crippen molar-refractivity contribution in [3.8, 4) is 11.5 Å². The van der Waals surface area contributed by atoms with Crippen LogP contribution in [0.4, 0.5) is 4.39 Å². The number of amides is 2. The van der Waals surface area contributed by atoms with Gasteiger partial charge in [-0.05, 0) is 48.7 Å². The molecule has 1 spiro atoms. The average Bonchev–Trinajstić information content (AvgIpc) is 2.79. The summed E-state index contributed by atoms with van der Waals surface area (Å²) in [6.45, 7) is 2.28. The van der Waals surface area contributed by atoms with Crippen LogP contribution in [0.1, 0.15) is 28.8 Å². The standard InChI is InChI=1S/C23H25FN2O4/c1-29-18-6-3-16(4-7-18)14-26-15-23(22(26)28)9-11-25(12-10-23)21(27)17-5-8-20(30-2)19(24)13-17/h3-8,13H,9-12,14-15H2,1-2H3. The Bertz CT molecular complexity index is 952. The normalized spacial score (nSPS) is 17.6. The number of benzene rings is 2. The Hall–Kier alpha value is -3.09. The Balaban J connectivity index is 1.33. The molecule has 30 heavy (non-hydrogen) atoms. The fourth-order valence-electron chi connectivity index (χ4n) is 4.32. The number of piperidine rings is 1. The van der Waals surface area contributed by atoms with Gasteiger partial charge in [-0.15, -0.1) is 0 Å². The lowest BCUT2D eigenvalue weighted by molar-refractivity contribution is -0.165. The van der Waals surface area contributed by atoms with E-state index < -0.39 is 5.82 Å². The Morgan fingerprint density at radius 1 is 1.07 bits per heavy atom. The van der Waals surface area contributed by atoms with Gasteiger partial charge in [0.05, 0.1) is 19.6 Å². The van der Waals surface area contributed by atoms with Crippen LogP contribution in [0.5, 0.6) is 11.5 Å². The van der Waals surface area contributed by atoms with E-state index in [9.17, 15) is 14.0 Å². The van der Waals surface area contributed by atoms with E-state index in [0.717, 1.165) is 11.3 Å². The molecule has 7 heteroatoms. The second-order valence-corrected chi connectivity index (χ2v) is 7.93. The van der Waals surface area contributed by atoms with Gasteiger partial charge in [0, 0.05) is 31.7 Å². The van der Waals surface area contributed by atoms with Crippen LogP contribution in [0.2, 0.25) is 0 Å². The third kappa shape index (κ3) is 3.60. The maximum absolute atomic E-state index is 13.9. The summed E-state index contributed by atoms with van der Waals surface area (Å²) in [6.07, 6.45) is 1.27. The lowest BCUT2D eigenvalue weighted by atomic mass is 9.71. The van der Waals surface area contributed by atoms with Crippen molar-refractivity contribution >= 4 is 11.8 Å². The summed E-state index contributed by atoms with van der Waals surface area (Å²) >= 11 is 0. The molecule has 2 aromatic rings. The summed E-state index contributed by atoms with van der Waals surface area (Å²) in [4.78, 5) is 29.1. The lowest BCUT2D eigenvalue weighted by Crippen LogP contribution is -2.64. The average molecular weight is 412 g/mol. The molecule has 4 rings (SSSR count). The zero-order valence-electron chi connectivity index (χ0n) is 17.2. The maximum Gasteiger partial charge on any atom is 0.253 e. The smallest absolute Gasteiger partial charge is 0.253 e. The molecule has 6 nitrogen and oxygen atoms in total. The summed E-state index contributed by atoms with van der Waals surface area (Å²) in [5.41, 5.74) is 0.993. The molecule has 0 unspecified atom stereocenters. The van der Waals surface area contributed by atoms with E-state index in [1.807, 2.05) is 29.2 Å². The van der Waals surface area contributed by atoms with Crippen molar-refractivity contribution in [2.75, 3.05) is 33.9 Å². The molecule has 2 amide bonds. The topological polar surface area (TPSA) is 59.1 Å². The van der Waals surface area contributed by atoms with E-state index in [4.69, 9.17) is 9.47 Å². The number of carbonyl (C=O) groups is 2. The van der Waals surface area contributed by atoms with E-state index in [1.165, 1.54) is 19.2 Å². The zero-order chi connectivity index (χ0) is 21.3. The summed E-state index contributed by atoms with van der Waals surface area (Å²) in [6, 6.07) is 11.9. The minimum absolute atomic E-state index is 0.112. The highest BCUT2D eigenvalue weighted by molar-refractivity contribution is 5.95.